The van der Waals surface area contributed by atoms with E-state index in [-0.39, 0.29) is 29.2 Å². The first-order chi connectivity index (χ1) is 11.3. The van der Waals surface area contributed by atoms with E-state index in [9.17, 15) is 18.0 Å². The molecule has 7 nitrogen and oxygen atoms in total. The number of carbonyl (C=O) groups excluding carboxylic acids is 2. The van der Waals surface area contributed by atoms with Gasteiger partial charge in [-0.15, -0.1) is 11.8 Å². The van der Waals surface area contributed by atoms with E-state index in [0.717, 1.165) is 24.2 Å². The van der Waals surface area contributed by atoms with Crippen LogP contribution in [0.25, 0.3) is 0 Å². The number of nitrogens with zero attached hydrogens (tertiary/aromatic N) is 1. The minimum absolute atomic E-state index is 0.0149. The summed E-state index contributed by atoms with van der Waals surface area (Å²) in [5.41, 5.74) is 0.393. The normalized spacial score (nSPS) is 20.0. The lowest BCUT2D eigenvalue weighted by Crippen LogP contribution is -2.30. The van der Waals surface area contributed by atoms with E-state index in [1.807, 2.05) is 6.92 Å². The molecular formula is C15H23NO6S2. The number of allylic oxidation sites excluding steroid dienone is 3. The van der Waals surface area contributed by atoms with Crippen LogP contribution in [0.5, 0.6) is 0 Å². The summed E-state index contributed by atoms with van der Waals surface area (Å²) in [6.45, 7) is 5.37. The van der Waals surface area contributed by atoms with Crippen LogP contribution in [-0.2, 0) is 28.4 Å². The Bertz CT molecular complexity index is 638. The molecule has 0 aromatic heterocycles. The number of rotatable bonds is 9. The first kappa shape index (κ1) is 20.7. The molecule has 24 heavy (non-hydrogen) atoms. The fourth-order valence-corrected chi connectivity index (χ4v) is 3.57. The van der Waals surface area contributed by atoms with Crippen molar-refractivity contribution in [2.45, 2.75) is 45.3 Å². The average molecular weight is 377 g/mol. The van der Waals surface area contributed by atoms with Gasteiger partial charge in [0.05, 0.1) is 12.4 Å². The molecule has 1 rings (SSSR count). The van der Waals surface area contributed by atoms with E-state index in [1.165, 1.54) is 23.9 Å². The zero-order chi connectivity index (χ0) is 18.3. The maximum atomic E-state index is 12.5. The fourth-order valence-electron chi connectivity index (χ4n) is 2.09. The molecule has 0 aromatic carbocycles. The van der Waals surface area contributed by atoms with Gasteiger partial charge < -0.3 is 4.18 Å². The lowest BCUT2D eigenvalue weighted by atomic mass is 10.2. The van der Waals surface area contributed by atoms with E-state index < -0.39 is 10.4 Å². The molecule has 9 heteroatoms. The summed E-state index contributed by atoms with van der Waals surface area (Å²) >= 11 is 1.46. The highest BCUT2D eigenvalue weighted by Gasteiger charge is 2.40. The zero-order valence-corrected chi connectivity index (χ0v) is 15.9. The van der Waals surface area contributed by atoms with Gasteiger partial charge >= 0.3 is 10.4 Å². The summed E-state index contributed by atoms with van der Waals surface area (Å²) in [4.78, 5) is 25.8. The Hall–Kier alpha value is -1.32. The van der Waals surface area contributed by atoms with Crippen LogP contribution in [0.15, 0.2) is 23.6 Å². The Balaban J connectivity index is 3.03. The van der Waals surface area contributed by atoms with E-state index in [1.54, 1.807) is 13.8 Å². The van der Waals surface area contributed by atoms with Crippen molar-refractivity contribution in [2.75, 3.05) is 12.9 Å². The van der Waals surface area contributed by atoms with Crippen LogP contribution in [0, 0.1) is 0 Å². The molecule has 1 saturated heterocycles. The van der Waals surface area contributed by atoms with E-state index >= 15 is 0 Å². The predicted octanol–water partition coefficient (Wildman–Crippen LogP) is 2.36. The minimum atomic E-state index is -4.16. The summed E-state index contributed by atoms with van der Waals surface area (Å²) in [6, 6.07) is 0. The number of likely N-dealkylation sites (tertiary alicyclic amines) is 1. The third kappa shape index (κ3) is 5.35. The van der Waals surface area contributed by atoms with E-state index in [4.69, 9.17) is 4.18 Å². The van der Waals surface area contributed by atoms with Crippen molar-refractivity contribution in [1.82, 2.24) is 4.90 Å². The van der Waals surface area contributed by atoms with Crippen molar-refractivity contribution in [3.63, 3.8) is 0 Å². The largest absolute Gasteiger partial charge is 0.448 e. The van der Waals surface area contributed by atoms with Gasteiger partial charge in [-0.2, -0.15) is 8.42 Å². The molecule has 1 atom stereocenters. The van der Waals surface area contributed by atoms with Crippen molar-refractivity contribution in [2.24, 2.45) is 0 Å². The first-order valence-corrected chi connectivity index (χ1v) is 10.0. The predicted molar refractivity (Wildman–Crippen MR) is 92.2 cm³/mol. The number of carbonyl (C=O) groups is 2. The van der Waals surface area contributed by atoms with Crippen molar-refractivity contribution in [1.29, 1.82) is 0 Å². The van der Waals surface area contributed by atoms with Gasteiger partial charge in [0, 0.05) is 18.2 Å². The molecule has 1 unspecified atom stereocenters. The quantitative estimate of drug-likeness (QED) is 0.346. The van der Waals surface area contributed by atoms with Crippen LogP contribution < -0.4 is 0 Å². The van der Waals surface area contributed by atoms with E-state index in [0.29, 0.717) is 12.1 Å². The molecule has 0 N–H and O–H groups in total. The molecule has 0 aromatic rings. The lowest BCUT2D eigenvalue weighted by Gasteiger charge is -2.18. The number of thioether (sulfide) groups is 1. The first-order valence-electron chi connectivity index (χ1n) is 7.64. The molecule has 136 valence electrons. The van der Waals surface area contributed by atoms with Gasteiger partial charge in [0.25, 0.3) is 0 Å². The summed E-state index contributed by atoms with van der Waals surface area (Å²) in [5.74, 6) is 0.236. The summed E-state index contributed by atoms with van der Waals surface area (Å²) < 4.78 is 31.8. The second-order valence-corrected chi connectivity index (χ2v) is 7.60. The molecule has 1 fully saturated rings. The van der Waals surface area contributed by atoms with Gasteiger partial charge in [0.1, 0.15) is 5.76 Å². The van der Waals surface area contributed by atoms with Crippen LogP contribution in [0.3, 0.4) is 0 Å². The molecule has 2 amide bonds. The van der Waals surface area contributed by atoms with Gasteiger partial charge in [-0.1, -0.05) is 13.8 Å². The standard InChI is InChI=1S/C15H23NO6S2/c1-5-8-23-13-10-14(17)16(15(13)18)11(6-2)9-12(7-3)22-24(19,20)21-4/h7,9,13H,5-6,8,10H2,1-4H3/b11-9+,12-7+. The molecular weight excluding hydrogens is 354 g/mol. The third-order valence-electron chi connectivity index (χ3n) is 3.27. The van der Waals surface area contributed by atoms with Crippen LogP contribution in [0.4, 0.5) is 0 Å². The average Bonchev–Trinajstić information content (AvgIpc) is 2.83. The highest BCUT2D eigenvalue weighted by molar-refractivity contribution is 8.00. The molecule has 1 aliphatic heterocycles. The van der Waals surface area contributed by atoms with Gasteiger partial charge in [-0.3, -0.25) is 14.5 Å². The van der Waals surface area contributed by atoms with Crippen LogP contribution in [-0.4, -0.2) is 43.2 Å². The molecule has 0 saturated carbocycles. The van der Waals surface area contributed by atoms with Gasteiger partial charge in [-0.25, -0.2) is 4.18 Å². The molecule has 0 radical (unpaired) electrons. The highest BCUT2D eigenvalue weighted by Crippen LogP contribution is 2.30. The third-order valence-corrected chi connectivity index (χ3v) is 5.49. The Morgan fingerprint density at radius 2 is 2.04 bits per heavy atom. The van der Waals surface area contributed by atoms with Crippen LogP contribution in [0.2, 0.25) is 0 Å². The van der Waals surface area contributed by atoms with Crippen molar-refractivity contribution in [3.05, 3.63) is 23.6 Å². The Kier molecular flexibility index (Phi) is 7.98. The molecule has 0 bridgehead atoms. The van der Waals surface area contributed by atoms with E-state index in [2.05, 4.69) is 4.18 Å². The lowest BCUT2D eigenvalue weighted by molar-refractivity contribution is -0.135. The SMILES string of the molecule is C/C=C(\C=C(/CC)N1C(=O)CC(SCCC)C1=O)OS(=O)(=O)OC. The van der Waals surface area contributed by atoms with Gasteiger partial charge in [-0.05, 0) is 31.6 Å². The maximum absolute atomic E-state index is 12.5. The summed E-state index contributed by atoms with van der Waals surface area (Å²) in [6.07, 6.45) is 4.24. The smallest absolute Gasteiger partial charge is 0.362 e. The maximum Gasteiger partial charge on any atom is 0.448 e. The highest BCUT2D eigenvalue weighted by atomic mass is 32.3. The number of hydrogen-bond donors (Lipinski definition) is 0. The summed E-state index contributed by atoms with van der Waals surface area (Å²) in [7, 11) is -3.18. The molecule has 0 aliphatic carbocycles. The van der Waals surface area contributed by atoms with Crippen LogP contribution >= 0.6 is 11.8 Å². The zero-order valence-electron chi connectivity index (χ0n) is 14.3. The monoisotopic (exact) mass is 377 g/mol. The molecule has 1 aliphatic rings. The number of amides is 2. The topological polar surface area (TPSA) is 90.0 Å². The second kappa shape index (κ2) is 9.24. The number of imide groups is 1. The minimum Gasteiger partial charge on any atom is -0.362 e. The molecule has 0 spiro atoms. The summed E-state index contributed by atoms with van der Waals surface area (Å²) in [5, 5.41) is -0.384. The Morgan fingerprint density at radius 3 is 2.54 bits per heavy atom. The van der Waals surface area contributed by atoms with Gasteiger partial charge in [0.2, 0.25) is 11.8 Å². The Labute approximate surface area is 147 Å². The van der Waals surface area contributed by atoms with Crippen molar-refractivity contribution < 1.29 is 26.4 Å². The molecule has 1 heterocycles. The Morgan fingerprint density at radius 1 is 1.38 bits per heavy atom. The van der Waals surface area contributed by atoms with Gasteiger partial charge in [0.15, 0.2) is 0 Å². The van der Waals surface area contributed by atoms with Crippen molar-refractivity contribution in [3.8, 4) is 0 Å². The number of hydrogen-bond acceptors (Lipinski definition) is 7. The van der Waals surface area contributed by atoms with Crippen molar-refractivity contribution >= 4 is 34.0 Å². The van der Waals surface area contributed by atoms with Crippen LogP contribution in [0.1, 0.15) is 40.0 Å². The second-order valence-electron chi connectivity index (χ2n) is 4.97. The fraction of sp³-hybridized carbons (Fsp3) is 0.600.